The van der Waals surface area contributed by atoms with Gasteiger partial charge in [-0.25, -0.2) is 0 Å². The van der Waals surface area contributed by atoms with Crippen LogP contribution in [-0.2, 0) is 13.1 Å². The van der Waals surface area contributed by atoms with Crippen LogP contribution in [0, 0.1) is 0 Å². The van der Waals surface area contributed by atoms with Crippen LogP contribution in [-0.4, -0.2) is 33.4 Å². The van der Waals surface area contributed by atoms with Crippen LogP contribution in [0.1, 0.15) is 54.6 Å². The van der Waals surface area contributed by atoms with Gasteiger partial charge in [0.2, 0.25) is 0 Å². The van der Waals surface area contributed by atoms with Gasteiger partial charge in [-0.2, -0.15) is 0 Å². The summed E-state index contributed by atoms with van der Waals surface area (Å²) >= 11 is 0. The first kappa shape index (κ1) is 19.8. The SMILES string of the molecule is CCC1CCCCN1Cc1ccc(CNC(=O)c2cc3ccc4cccnc4c3[nH]2)o1. The zero-order valence-electron chi connectivity index (χ0n) is 17.9. The molecular weight excluding hydrogens is 388 g/mol. The molecule has 1 atom stereocenters. The average molecular weight is 417 g/mol. The van der Waals surface area contributed by atoms with Crippen molar-refractivity contribution in [3.8, 4) is 0 Å². The number of likely N-dealkylation sites (tertiary alicyclic amines) is 1. The van der Waals surface area contributed by atoms with Crippen molar-refractivity contribution in [2.45, 2.75) is 51.7 Å². The third-order valence-corrected chi connectivity index (χ3v) is 6.33. The lowest BCUT2D eigenvalue weighted by Crippen LogP contribution is -2.38. The van der Waals surface area contributed by atoms with Gasteiger partial charge in [-0.3, -0.25) is 14.7 Å². The predicted molar refractivity (Wildman–Crippen MR) is 122 cm³/mol. The number of H-pyrrole nitrogens is 1. The first-order chi connectivity index (χ1) is 15.2. The molecule has 4 heterocycles. The summed E-state index contributed by atoms with van der Waals surface area (Å²) < 4.78 is 6.01. The fraction of sp³-hybridized carbons (Fsp3) is 0.360. The molecule has 4 aromatic rings. The maximum Gasteiger partial charge on any atom is 0.268 e. The van der Waals surface area contributed by atoms with E-state index in [-0.39, 0.29) is 5.91 Å². The first-order valence-electron chi connectivity index (χ1n) is 11.2. The molecule has 1 aliphatic rings. The summed E-state index contributed by atoms with van der Waals surface area (Å²) in [5, 5.41) is 4.99. The van der Waals surface area contributed by atoms with E-state index in [1.165, 1.54) is 25.7 Å². The van der Waals surface area contributed by atoms with E-state index in [2.05, 4.69) is 27.1 Å². The molecule has 0 radical (unpaired) electrons. The topological polar surface area (TPSA) is 74.2 Å². The third kappa shape index (κ3) is 4.08. The minimum atomic E-state index is -0.152. The number of amides is 1. The number of hydrogen-bond donors (Lipinski definition) is 2. The van der Waals surface area contributed by atoms with Crippen LogP contribution in [0.3, 0.4) is 0 Å². The van der Waals surface area contributed by atoms with E-state index < -0.39 is 0 Å². The molecule has 0 saturated carbocycles. The Balaban J connectivity index is 1.24. The maximum atomic E-state index is 12.7. The Labute approximate surface area is 181 Å². The van der Waals surface area contributed by atoms with Crippen molar-refractivity contribution in [2.24, 2.45) is 0 Å². The Morgan fingerprint density at radius 2 is 2.06 bits per heavy atom. The van der Waals surface area contributed by atoms with Gasteiger partial charge in [0.05, 0.1) is 24.1 Å². The first-order valence-corrected chi connectivity index (χ1v) is 11.2. The predicted octanol–water partition coefficient (Wildman–Crippen LogP) is 5.00. The van der Waals surface area contributed by atoms with E-state index in [1.54, 1.807) is 6.20 Å². The van der Waals surface area contributed by atoms with Crippen LogP contribution >= 0.6 is 0 Å². The smallest absolute Gasteiger partial charge is 0.268 e. The number of aromatic nitrogens is 2. The van der Waals surface area contributed by atoms with Gasteiger partial charge in [0.15, 0.2) is 0 Å². The van der Waals surface area contributed by atoms with Crippen molar-refractivity contribution in [3.63, 3.8) is 0 Å². The van der Waals surface area contributed by atoms with Crippen LogP contribution in [0.4, 0.5) is 0 Å². The van der Waals surface area contributed by atoms with Gasteiger partial charge in [0.25, 0.3) is 5.91 Å². The molecule has 1 fully saturated rings. The molecule has 1 amide bonds. The van der Waals surface area contributed by atoms with Crippen molar-refractivity contribution in [2.75, 3.05) is 6.54 Å². The highest BCUT2D eigenvalue weighted by molar-refractivity contribution is 6.07. The number of aromatic amines is 1. The zero-order chi connectivity index (χ0) is 21.2. The third-order valence-electron chi connectivity index (χ3n) is 6.33. The number of nitrogens with zero attached hydrogens (tertiary/aromatic N) is 2. The van der Waals surface area contributed by atoms with Crippen LogP contribution in [0.5, 0.6) is 0 Å². The molecule has 0 aliphatic carbocycles. The minimum absolute atomic E-state index is 0.152. The molecule has 31 heavy (non-hydrogen) atoms. The molecule has 0 spiro atoms. The van der Waals surface area contributed by atoms with Gasteiger partial charge in [0.1, 0.15) is 17.2 Å². The highest BCUT2D eigenvalue weighted by Gasteiger charge is 2.22. The zero-order valence-corrected chi connectivity index (χ0v) is 17.9. The highest BCUT2D eigenvalue weighted by atomic mass is 16.3. The Hall–Kier alpha value is -3.12. The van der Waals surface area contributed by atoms with Crippen molar-refractivity contribution in [1.29, 1.82) is 0 Å². The van der Waals surface area contributed by atoms with E-state index in [4.69, 9.17) is 4.42 Å². The molecule has 160 valence electrons. The number of hydrogen-bond acceptors (Lipinski definition) is 4. The van der Waals surface area contributed by atoms with Crippen LogP contribution in [0.15, 0.2) is 53.1 Å². The second-order valence-corrected chi connectivity index (χ2v) is 8.37. The average Bonchev–Trinajstić information content (AvgIpc) is 3.45. The fourth-order valence-corrected chi connectivity index (χ4v) is 4.66. The summed E-state index contributed by atoms with van der Waals surface area (Å²) in [5.41, 5.74) is 2.28. The number of rotatable bonds is 6. The van der Waals surface area contributed by atoms with Gasteiger partial charge in [-0.15, -0.1) is 0 Å². The Morgan fingerprint density at radius 3 is 2.97 bits per heavy atom. The minimum Gasteiger partial charge on any atom is -0.463 e. The van der Waals surface area contributed by atoms with Crippen molar-refractivity contribution in [1.82, 2.24) is 20.2 Å². The Bertz CT molecular complexity index is 1210. The van der Waals surface area contributed by atoms with Gasteiger partial charge in [-0.05, 0) is 50.1 Å². The second-order valence-electron chi connectivity index (χ2n) is 8.37. The number of carbonyl (C=O) groups is 1. The van der Waals surface area contributed by atoms with Crippen molar-refractivity contribution < 1.29 is 9.21 Å². The largest absolute Gasteiger partial charge is 0.463 e. The van der Waals surface area contributed by atoms with Crippen LogP contribution in [0.25, 0.3) is 21.8 Å². The molecule has 3 aromatic heterocycles. The van der Waals surface area contributed by atoms with Crippen LogP contribution < -0.4 is 5.32 Å². The summed E-state index contributed by atoms with van der Waals surface area (Å²) in [6.45, 7) is 4.60. The number of benzene rings is 1. The summed E-state index contributed by atoms with van der Waals surface area (Å²) in [6.07, 6.45) is 6.80. The van der Waals surface area contributed by atoms with E-state index in [1.807, 2.05) is 42.5 Å². The summed E-state index contributed by atoms with van der Waals surface area (Å²) in [6, 6.07) is 14.5. The Morgan fingerprint density at radius 1 is 1.19 bits per heavy atom. The molecule has 1 aliphatic heterocycles. The molecule has 1 saturated heterocycles. The maximum absolute atomic E-state index is 12.7. The number of carbonyl (C=O) groups excluding carboxylic acids is 1. The van der Waals surface area contributed by atoms with Crippen molar-refractivity contribution >= 4 is 27.7 Å². The normalized spacial score (nSPS) is 17.4. The monoisotopic (exact) mass is 416 g/mol. The molecule has 1 aromatic carbocycles. The number of fused-ring (bicyclic) bond motifs is 3. The van der Waals surface area contributed by atoms with Gasteiger partial charge in [-0.1, -0.05) is 31.5 Å². The standard InChI is InChI=1S/C25H28N4O2/c1-2-19-7-3-4-13-29(19)16-21-11-10-20(31-21)15-27-25(30)22-14-18-9-8-17-6-5-12-26-23(17)24(18)28-22/h5-6,8-12,14,19,28H,2-4,7,13,15-16H2,1H3,(H,27,30). The highest BCUT2D eigenvalue weighted by Crippen LogP contribution is 2.24. The van der Waals surface area contributed by atoms with E-state index in [9.17, 15) is 4.79 Å². The lowest BCUT2D eigenvalue weighted by molar-refractivity contribution is 0.0942. The Kier molecular flexibility index (Phi) is 5.47. The van der Waals surface area contributed by atoms with E-state index in [0.717, 1.165) is 46.4 Å². The fourth-order valence-electron chi connectivity index (χ4n) is 4.66. The summed E-state index contributed by atoms with van der Waals surface area (Å²) in [7, 11) is 0. The van der Waals surface area contributed by atoms with Crippen LogP contribution in [0.2, 0.25) is 0 Å². The number of pyridine rings is 1. The number of piperidine rings is 1. The van der Waals surface area contributed by atoms with E-state index in [0.29, 0.717) is 18.3 Å². The number of nitrogens with one attached hydrogen (secondary N) is 2. The van der Waals surface area contributed by atoms with Crippen molar-refractivity contribution in [3.05, 3.63) is 65.9 Å². The summed E-state index contributed by atoms with van der Waals surface area (Å²) in [4.78, 5) is 22.9. The van der Waals surface area contributed by atoms with Gasteiger partial charge >= 0.3 is 0 Å². The lowest BCUT2D eigenvalue weighted by atomic mass is 10.00. The van der Waals surface area contributed by atoms with Gasteiger partial charge < -0.3 is 14.7 Å². The molecule has 5 rings (SSSR count). The quantitative estimate of drug-likeness (QED) is 0.464. The number of furan rings is 1. The molecular formula is C25H28N4O2. The van der Waals surface area contributed by atoms with Gasteiger partial charge in [0, 0.05) is 23.0 Å². The second kappa shape index (κ2) is 8.55. The molecule has 0 bridgehead atoms. The molecule has 6 heteroatoms. The molecule has 1 unspecified atom stereocenters. The molecule has 6 nitrogen and oxygen atoms in total. The summed E-state index contributed by atoms with van der Waals surface area (Å²) in [5.74, 6) is 1.59. The molecule has 2 N–H and O–H groups in total. The lowest BCUT2D eigenvalue weighted by Gasteiger charge is -2.34. The van der Waals surface area contributed by atoms with E-state index >= 15 is 0 Å².